The van der Waals surface area contributed by atoms with Crippen molar-refractivity contribution < 1.29 is 113 Å². The first-order valence-electron chi connectivity index (χ1n) is 6.92. The minimum Gasteiger partial charge on any atom is -0.860 e. The fraction of sp³-hybridized carbons (Fsp3) is 0.692. The second-order valence-corrected chi connectivity index (χ2v) is 6.27. The van der Waals surface area contributed by atoms with Gasteiger partial charge in [0.2, 0.25) is 0 Å². The summed E-state index contributed by atoms with van der Waals surface area (Å²) in [5, 5.41) is 33.8. The fourth-order valence-corrected chi connectivity index (χ4v) is 2.38. The Labute approximate surface area is 233 Å². The Hall–Kier alpha value is 1.99. The van der Waals surface area contributed by atoms with Crippen LogP contribution in [0.4, 0.5) is 0 Å². The molecule has 0 aromatic rings. The zero-order valence-corrected chi connectivity index (χ0v) is 22.0. The van der Waals surface area contributed by atoms with Crippen molar-refractivity contribution in [1.82, 2.24) is 10.0 Å². The van der Waals surface area contributed by atoms with Gasteiger partial charge in [0.15, 0.2) is 0 Å². The molecule has 23 heavy (non-hydrogen) atoms. The molecule has 0 aliphatic heterocycles. The van der Waals surface area contributed by atoms with E-state index in [4.69, 9.17) is 24.4 Å². The molecule has 6 nitrogen and oxygen atoms in total. The van der Waals surface area contributed by atoms with Crippen LogP contribution in [0.25, 0.3) is 0 Å². The van der Waals surface area contributed by atoms with Gasteiger partial charge in [0.05, 0.1) is 0 Å². The molecule has 0 aromatic heterocycles. The second-order valence-electron chi connectivity index (χ2n) is 5.44. The first-order chi connectivity index (χ1) is 9.88. The minimum absolute atomic E-state index is 0. The van der Waals surface area contributed by atoms with E-state index in [2.05, 4.69) is 10.2 Å². The van der Waals surface area contributed by atoms with E-state index >= 15 is 0 Å². The Balaban J connectivity index is 0.00000242. The largest absolute Gasteiger partial charge is 1.00 e. The molecular weight excluding hydrogens is 386 g/mol. The average molecular weight is 405 g/mol. The summed E-state index contributed by atoms with van der Waals surface area (Å²) >= 11 is 10.4. The molecule has 2 rings (SSSR count). The zero-order chi connectivity index (χ0) is 15.6. The summed E-state index contributed by atoms with van der Waals surface area (Å²) in [5.41, 5.74) is 0. The smallest absolute Gasteiger partial charge is 0.860 e. The molecule has 10 heteroatoms. The molecule has 0 heterocycles. The van der Waals surface area contributed by atoms with Crippen molar-refractivity contribution in [2.45, 2.75) is 32.1 Å². The first kappa shape index (κ1) is 25.0. The number of hydrogen-bond acceptors (Lipinski definition) is 6. The molecule has 2 saturated carbocycles. The van der Waals surface area contributed by atoms with Crippen LogP contribution >= 0.6 is 24.4 Å². The fourth-order valence-electron chi connectivity index (χ4n) is 1.82. The molecule has 2 fully saturated rings. The van der Waals surface area contributed by atoms with Gasteiger partial charge in [-0.3, -0.25) is 10.0 Å². The third kappa shape index (κ3) is 8.96. The number of nitrogens with zero attached hydrogens (tertiary/aromatic N) is 4. The van der Waals surface area contributed by atoms with Crippen molar-refractivity contribution in [3.05, 3.63) is 0 Å². The van der Waals surface area contributed by atoms with Gasteiger partial charge in [-0.25, -0.2) is 0 Å². The van der Waals surface area contributed by atoms with Crippen LogP contribution in [0.3, 0.4) is 0 Å². The maximum absolute atomic E-state index is 11.7. The van der Waals surface area contributed by atoms with E-state index in [1.807, 2.05) is 0 Å². The third-order valence-corrected chi connectivity index (χ3v) is 4.51. The van der Waals surface area contributed by atoms with Gasteiger partial charge in [0.1, 0.15) is 9.98 Å². The Morgan fingerprint density at radius 2 is 1.17 bits per heavy atom. The standard InChI is InChI=1S/C13H20N4O2S2.2K/c1-16(12(20)8-3-4-8)14-10(18)7-11(19)15-17(2)13(21)9-5-6-9;;/h8-9H,3-7H2,1-2H3,(H,14,18)(H,15,19);;/q;2*+1/p-2. The van der Waals surface area contributed by atoms with Crippen molar-refractivity contribution in [3.8, 4) is 0 Å². The van der Waals surface area contributed by atoms with Crippen molar-refractivity contribution in [3.63, 3.8) is 0 Å². The molecule has 0 aromatic carbocycles. The van der Waals surface area contributed by atoms with Gasteiger partial charge >= 0.3 is 103 Å². The van der Waals surface area contributed by atoms with Gasteiger partial charge in [0, 0.05) is 32.4 Å². The van der Waals surface area contributed by atoms with Crippen molar-refractivity contribution in [2.24, 2.45) is 22.0 Å². The Morgan fingerprint density at radius 1 is 0.870 bits per heavy atom. The molecule has 0 atom stereocenters. The summed E-state index contributed by atoms with van der Waals surface area (Å²) in [6.07, 6.45) is 3.82. The first-order valence-corrected chi connectivity index (χ1v) is 7.74. The van der Waals surface area contributed by atoms with Crippen molar-refractivity contribution in [1.29, 1.82) is 0 Å². The number of thiocarbonyl (C=S) groups is 2. The van der Waals surface area contributed by atoms with Crippen LogP contribution in [0.2, 0.25) is 0 Å². The Kier molecular flexibility index (Phi) is 12.7. The number of hydrazone groups is 2. The van der Waals surface area contributed by atoms with Gasteiger partial charge in [-0.15, -0.1) is 0 Å². The summed E-state index contributed by atoms with van der Waals surface area (Å²) in [5.74, 6) is -0.382. The van der Waals surface area contributed by atoms with E-state index in [0.29, 0.717) is 21.8 Å². The number of hydrogen-bond donors (Lipinski definition) is 0. The summed E-state index contributed by atoms with van der Waals surface area (Å²) < 4.78 is 0. The summed E-state index contributed by atoms with van der Waals surface area (Å²) in [6.45, 7) is 0. The van der Waals surface area contributed by atoms with Gasteiger partial charge in [-0.2, -0.15) is 10.2 Å². The summed E-state index contributed by atoms with van der Waals surface area (Å²) in [7, 11) is 3.27. The molecule has 116 valence electrons. The van der Waals surface area contributed by atoms with Gasteiger partial charge in [-0.05, 0) is 37.5 Å². The van der Waals surface area contributed by atoms with E-state index in [-0.39, 0.29) is 109 Å². The van der Waals surface area contributed by atoms with E-state index < -0.39 is 11.8 Å². The van der Waals surface area contributed by atoms with E-state index in [9.17, 15) is 10.2 Å². The van der Waals surface area contributed by atoms with Crippen LogP contribution in [-0.4, -0.2) is 45.9 Å². The van der Waals surface area contributed by atoms with Gasteiger partial charge < -0.3 is 10.2 Å². The molecule has 0 saturated heterocycles. The molecule has 0 unspecified atom stereocenters. The minimum atomic E-state index is -0.542. The Morgan fingerprint density at radius 3 is 1.43 bits per heavy atom. The van der Waals surface area contributed by atoms with Crippen LogP contribution < -0.4 is 113 Å². The quantitative estimate of drug-likeness (QED) is 0.144. The number of rotatable bonds is 6. The molecule has 0 amide bonds. The molecule has 2 aliphatic rings. The van der Waals surface area contributed by atoms with E-state index in [1.165, 1.54) is 10.0 Å². The zero-order valence-electron chi connectivity index (χ0n) is 14.1. The topological polar surface area (TPSA) is 77.3 Å². The normalized spacial score (nSPS) is 17.7. The third-order valence-electron chi connectivity index (χ3n) is 3.32. The summed E-state index contributed by atoms with van der Waals surface area (Å²) in [6, 6.07) is 0. The monoisotopic (exact) mass is 404 g/mol. The molecule has 0 radical (unpaired) electrons. The molecule has 0 spiro atoms. The van der Waals surface area contributed by atoms with Crippen LogP contribution in [0.5, 0.6) is 0 Å². The van der Waals surface area contributed by atoms with Crippen LogP contribution in [0.15, 0.2) is 10.2 Å². The van der Waals surface area contributed by atoms with E-state index in [1.54, 1.807) is 14.1 Å². The molecule has 2 aliphatic carbocycles. The SMILES string of the molecule is CN(/N=C(\[O-])C/C([O-])=N/N(C)C(=S)C1CC1)C(=S)C1CC1.[K+].[K+]. The van der Waals surface area contributed by atoms with Crippen LogP contribution in [0, 0.1) is 11.8 Å². The second kappa shape index (κ2) is 11.7. The molecule has 0 N–H and O–H groups in total. The predicted molar refractivity (Wildman–Crippen MR) is 85.7 cm³/mol. The predicted octanol–water partition coefficient (Wildman–Crippen LogP) is -5.93. The molecular formula is C13H18K2N4O2S2. The maximum atomic E-state index is 11.7. The van der Waals surface area contributed by atoms with Crippen molar-refractivity contribution in [2.75, 3.05) is 14.1 Å². The van der Waals surface area contributed by atoms with Crippen molar-refractivity contribution >= 4 is 46.2 Å². The van der Waals surface area contributed by atoms with Crippen LogP contribution in [0.1, 0.15) is 32.1 Å². The average Bonchev–Trinajstić information content (AvgIpc) is 3.29. The maximum Gasteiger partial charge on any atom is 1.00 e. The van der Waals surface area contributed by atoms with Gasteiger partial charge in [-0.1, -0.05) is 24.4 Å². The molecule has 0 bridgehead atoms. The van der Waals surface area contributed by atoms with Gasteiger partial charge in [0.25, 0.3) is 0 Å². The van der Waals surface area contributed by atoms with Crippen LogP contribution in [-0.2, 0) is 0 Å². The summed E-state index contributed by atoms with van der Waals surface area (Å²) in [4.78, 5) is 1.31. The Bertz CT molecular complexity index is 464. The van der Waals surface area contributed by atoms with E-state index in [0.717, 1.165) is 25.7 Å².